The second-order valence-corrected chi connectivity index (χ2v) is 4.33. The van der Waals surface area contributed by atoms with E-state index in [1.54, 1.807) is 7.11 Å². The molecule has 0 saturated carbocycles. The third-order valence-corrected chi connectivity index (χ3v) is 2.97. The van der Waals surface area contributed by atoms with E-state index in [9.17, 15) is 0 Å². The Morgan fingerprint density at radius 1 is 1.00 bits per heavy atom. The van der Waals surface area contributed by atoms with E-state index in [2.05, 4.69) is 0 Å². The second kappa shape index (κ2) is 6.81. The summed E-state index contributed by atoms with van der Waals surface area (Å²) in [6.07, 6.45) is 0.779. The first-order chi connectivity index (χ1) is 9.29. The Morgan fingerprint density at radius 3 is 2.47 bits per heavy atom. The van der Waals surface area contributed by atoms with Crippen LogP contribution in [0.2, 0.25) is 0 Å². The van der Waals surface area contributed by atoms with Crippen molar-refractivity contribution in [1.82, 2.24) is 0 Å². The molecule has 0 heterocycles. The zero-order chi connectivity index (χ0) is 13.5. The molecule has 0 aliphatic carbocycles. The first-order valence-electron chi connectivity index (χ1n) is 6.37. The zero-order valence-electron chi connectivity index (χ0n) is 11.1. The standard InChI is InChI=1S/C16H19NO2/c1-18-14-8-5-9-15(12-14)19-11-10-16(17)13-6-3-2-4-7-13/h2-9,12,16H,10-11,17H2,1H3. The summed E-state index contributed by atoms with van der Waals surface area (Å²) < 4.78 is 10.8. The monoisotopic (exact) mass is 257 g/mol. The van der Waals surface area contributed by atoms with Crippen LogP contribution in [-0.2, 0) is 0 Å². The highest BCUT2D eigenvalue weighted by atomic mass is 16.5. The average molecular weight is 257 g/mol. The number of rotatable bonds is 6. The summed E-state index contributed by atoms with van der Waals surface area (Å²) in [6, 6.07) is 17.6. The van der Waals surface area contributed by atoms with Crippen LogP contribution < -0.4 is 15.2 Å². The fourth-order valence-corrected chi connectivity index (χ4v) is 1.86. The molecule has 2 aromatic rings. The second-order valence-electron chi connectivity index (χ2n) is 4.33. The molecular weight excluding hydrogens is 238 g/mol. The first-order valence-corrected chi connectivity index (χ1v) is 6.37. The van der Waals surface area contributed by atoms with Gasteiger partial charge in [-0.15, -0.1) is 0 Å². The van der Waals surface area contributed by atoms with Gasteiger partial charge in [0.2, 0.25) is 0 Å². The summed E-state index contributed by atoms with van der Waals surface area (Å²) in [5.74, 6) is 1.60. The molecule has 3 nitrogen and oxygen atoms in total. The molecule has 0 saturated heterocycles. The highest BCUT2D eigenvalue weighted by Crippen LogP contribution is 2.20. The first kappa shape index (κ1) is 13.4. The highest BCUT2D eigenvalue weighted by Gasteiger charge is 2.05. The van der Waals surface area contributed by atoms with Gasteiger partial charge in [-0.3, -0.25) is 0 Å². The third-order valence-electron chi connectivity index (χ3n) is 2.97. The van der Waals surface area contributed by atoms with E-state index in [1.807, 2.05) is 54.6 Å². The van der Waals surface area contributed by atoms with Gasteiger partial charge in [0.05, 0.1) is 13.7 Å². The third kappa shape index (κ3) is 4.00. The quantitative estimate of drug-likeness (QED) is 0.864. The maximum atomic E-state index is 6.11. The Morgan fingerprint density at radius 2 is 1.74 bits per heavy atom. The largest absolute Gasteiger partial charge is 0.497 e. The number of hydrogen-bond donors (Lipinski definition) is 1. The average Bonchev–Trinajstić information content (AvgIpc) is 2.48. The number of benzene rings is 2. The molecule has 0 aliphatic heterocycles. The maximum absolute atomic E-state index is 6.11. The molecule has 3 heteroatoms. The molecule has 1 unspecified atom stereocenters. The van der Waals surface area contributed by atoms with Crippen molar-refractivity contribution in [2.24, 2.45) is 5.73 Å². The molecule has 0 spiro atoms. The lowest BCUT2D eigenvalue weighted by Gasteiger charge is -2.13. The highest BCUT2D eigenvalue weighted by molar-refractivity contribution is 5.32. The van der Waals surface area contributed by atoms with Gasteiger partial charge in [0.1, 0.15) is 11.5 Å². The van der Waals surface area contributed by atoms with Crippen molar-refractivity contribution in [2.75, 3.05) is 13.7 Å². The summed E-state index contributed by atoms with van der Waals surface area (Å²) in [5, 5.41) is 0. The van der Waals surface area contributed by atoms with Gasteiger partial charge in [-0.05, 0) is 17.7 Å². The molecule has 100 valence electrons. The van der Waals surface area contributed by atoms with E-state index in [0.717, 1.165) is 23.5 Å². The Balaban J connectivity index is 1.83. The fraction of sp³-hybridized carbons (Fsp3) is 0.250. The summed E-state index contributed by atoms with van der Waals surface area (Å²) in [6.45, 7) is 0.587. The SMILES string of the molecule is COc1cccc(OCCC(N)c2ccccc2)c1. The number of ether oxygens (including phenoxy) is 2. The zero-order valence-corrected chi connectivity index (χ0v) is 11.1. The predicted octanol–water partition coefficient (Wildman–Crippen LogP) is 3.16. The molecular formula is C16H19NO2. The number of nitrogens with two attached hydrogens (primary N) is 1. The van der Waals surface area contributed by atoms with Crippen LogP contribution in [0.4, 0.5) is 0 Å². The molecule has 0 fully saturated rings. The van der Waals surface area contributed by atoms with Crippen LogP contribution >= 0.6 is 0 Å². The van der Waals surface area contributed by atoms with Gasteiger partial charge in [-0.1, -0.05) is 36.4 Å². The molecule has 19 heavy (non-hydrogen) atoms. The molecule has 1 atom stereocenters. The van der Waals surface area contributed by atoms with E-state index in [-0.39, 0.29) is 6.04 Å². The molecule has 0 amide bonds. The molecule has 2 rings (SSSR count). The topological polar surface area (TPSA) is 44.5 Å². The number of hydrogen-bond acceptors (Lipinski definition) is 3. The van der Waals surface area contributed by atoms with E-state index in [0.29, 0.717) is 6.61 Å². The molecule has 0 aromatic heterocycles. The minimum atomic E-state index is 0.00630. The molecule has 0 aliphatic rings. The smallest absolute Gasteiger partial charge is 0.122 e. The normalized spacial score (nSPS) is 11.9. The van der Waals surface area contributed by atoms with E-state index >= 15 is 0 Å². The lowest BCUT2D eigenvalue weighted by Crippen LogP contribution is -2.14. The van der Waals surface area contributed by atoms with Gasteiger partial charge in [0.25, 0.3) is 0 Å². The summed E-state index contributed by atoms with van der Waals surface area (Å²) >= 11 is 0. The lowest BCUT2D eigenvalue weighted by atomic mass is 10.1. The van der Waals surface area contributed by atoms with E-state index in [1.165, 1.54) is 0 Å². The summed E-state index contributed by atoms with van der Waals surface area (Å²) in [5.41, 5.74) is 7.25. The van der Waals surface area contributed by atoms with Crippen molar-refractivity contribution in [3.63, 3.8) is 0 Å². The van der Waals surface area contributed by atoms with Gasteiger partial charge < -0.3 is 15.2 Å². The Bertz CT molecular complexity index is 499. The van der Waals surface area contributed by atoms with Crippen molar-refractivity contribution in [2.45, 2.75) is 12.5 Å². The molecule has 0 bridgehead atoms. The van der Waals surface area contributed by atoms with Crippen LogP contribution in [0.1, 0.15) is 18.0 Å². The number of methoxy groups -OCH3 is 1. The summed E-state index contributed by atoms with van der Waals surface area (Å²) in [7, 11) is 1.64. The van der Waals surface area contributed by atoms with Crippen molar-refractivity contribution in [3.05, 3.63) is 60.2 Å². The minimum Gasteiger partial charge on any atom is -0.497 e. The van der Waals surface area contributed by atoms with E-state index < -0.39 is 0 Å². The minimum absolute atomic E-state index is 0.00630. The van der Waals surface area contributed by atoms with Crippen molar-refractivity contribution >= 4 is 0 Å². The van der Waals surface area contributed by atoms with Crippen LogP contribution in [0.3, 0.4) is 0 Å². The molecule has 2 aromatic carbocycles. The van der Waals surface area contributed by atoms with Gasteiger partial charge in [0, 0.05) is 18.5 Å². The fourth-order valence-electron chi connectivity index (χ4n) is 1.86. The lowest BCUT2D eigenvalue weighted by molar-refractivity contribution is 0.296. The van der Waals surface area contributed by atoms with Crippen LogP contribution in [0, 0.1) is 0 Å². The van der Waals surface area contributed by atoms with Crippen molar-refractivity contribution < 1.29 is 9.47 Å². The van der Waals surface area contributed by atoms with Crippen LogP contribution in [0.25, 0.3) is 0 Å². The van der Waals surface area contributed by atoms with Crippen LogP contribution in [-0.4, -0.2) is 13.7 Å². The van der Waals surface area contributed by atoms with Gasteiger partial charge >= 0.3 is 0 Å². The van der Waals surface area contributed by atoms with Gasteiger partial charge in [0.15, 0.2) is 0 Å². The predicted molar refractivity (Wildman–Crippen MR) is 76.5 cm³/mol. The Hall–Kier alpha value is -2.00. The van der Waals surface area contributed by atoms with Gasteiger partial charge in [-0.25, -0.2) is 0 Å². The maximum Gasteiger partial charge on any atom is 0.122 e. The van der Waals surface area contributed by atoms with Crippen molar-refractivity contribution in [1.29, 1.82) is 0 Å². The van der Waals surface area contributed by atoms with Crippen LogP contribution in [0.15, 0.2) is 54.6 Å². The molecule has 2 N–H and O–H groups in total. The molecule has 0 radical (unpaired) electrons. The van der Waals surface area contributed by atoms with Gasteiger partial charge in [-0.2, -0.15) is 0 Å². The Kier molecular flexibility index (Phi) is 4.81. The Labute approximate surface area is 114 Å². The summed E-state index contributed by atoms with van der Waals surface area (Å²) in [4.78, 5) is 0. The van der Waals surface area contributed by atoms with Crippen LogP contribution in [0.5, 0.6) is 11.5 Å². The van der Waals surface area contributed by atoms with Crippen molar-refractivity contribution in [3.8, 4) is 11.5 Å². The van der Waals surface area contributed by atoms with E-state index in [4.69, 9.17) is 15.2 Å².